The van der Waals surface area contributed by atoms with Gasteiger partial charge in [-0.25, -0.2) is 4.98 Å². The van der Waals surface area contributed by atoms with Crippen molar-refractivity contribution in [3.8, 4) is 0 Å². The number of hydrogen-bond donors (Lipinski definition) is 1. The average molecular weight is 247 g/mol. The molecule has 6 heteroatoms. The van der Waals surface area contributed by atoms with Crippen LogP contribution in [0.2, 0.25) is 0 Å². The zero-order valence-electron chi connectivity index (χ0n) is 10.2. The molecule has 6 nitrogen and oxygen atoms in total. The van der Waals surface area contributed by atoms with Crippen molar-refractivity contribution in [1.82, 2.24) is 25.0 Å². The highest BCUT2D eigenvalue weighted by Gasteiger charge is 2.18. The van der Waals surface area contributed by atoms with Crippen molar-refractivity contribution in [3.63, 3.8) is 0 Å². The quantitative estimate of drug-likeness (QED) is 0.882. The monoisotopic (exact) mass is 247 g/mol. The van der Waals surface area contributed by atoms with Crippen LogP contribution in [-0.2, 0) is 13.0 Å². The Kier molecular flexibility index (Phi) is 3.36. The van der Waals surface area contributed by atoms with Crippen LogP contribution in [0.5, 0.6) is 0 Å². The maximum atomic E-state index is 5.01. The summed E-state index contributed by atoms with van der Waals surface area (Å²) in [4.78, 5) is 8.28. The molecule has 1 atom stereocenters. The van der Waals surface area contributed by atoms with E-state index in [2.05, 4.69) is 25.0 Å². The molecule has 1 fully saturated rings. The highest BCUT2D eigenvalue weighted by atomic mass is 16.5. The Morgan fingerprint density at radius 1 is 1.44 bits per heavy atom. The predicted molar refractivity (Wildman–Crippen MR) is 64.8 cm³/mol. The summed E-state index contributed by atoms with van der Waals surface area (Å²) in [6, 6.07) is 0.434. The van der Waals surface area contributed by atoms with E-state index in [0.29, 0.717) is 11.9 Å². The van der Waals surface area contributed by atoms with Crippen molar-refractivity contribution >= 4 is 0 Å². The molecule has 0 spiro atoms. The molecule has 1 aliphatic rings. The van der Waals surface area contributed by atoms with Gasteiger partial charge in [-0.3, -0.25) is 0 Å². The standard InChI is InChI=1S/C12H17N5O/c1-2-5-14-10(3-1)11-7-13-9-17(11)6-4-12-15-8-16-18-12/h7-10,14H,1-6H2. The van der Waals surface area contributed by atoms with Gasteiger partial charge >= 0.3 is 0 Å². The number of aromatic nitrogens is 4. The topological polar surface area (TPSA) is 68.8 Å². The van der Waals surface area contributed by atoms with Crippen LogP contribution in [0, 0.1) is 0 Å². The molecule has 96 valence electrons. The lowest BCUT2D eigenvalue weighted by Crippen LogP contribution is -2.28. The number of piperidine rings is 1. The van der Waals surface area contributed by atoms with Gasteiger partial charge in [-0.2, -0.15) is 4.98 Å². The third-order valence-corrected chi connectivity index (χ3v) is 3.39. The molecule has 2 aromatic rings. The number of imidazole rings is 1. The Morgan fingerprint density at radius 2 is 2.44 bits per heavy atom. The van der Waals surface area contributed by atoms with Gasteiger partial charge in [0.25, 0.3) is 0 Å². The number of aryl methyl sites for hydroxylation is 2. The summed E-state index contributed by atoms with van der Waals surface area (Å²) in [5, 5.41) is 7.15. The minimum atomic E-state index is 0.434. The Balaban J connectivity index is 1.67. The molecular weight excluding hydrogens is 230 g/mol. The van der Waals surface area contributed by atoms with E-state index in [1.165, 1.54) is 31.3 Å². The Hall–Kier alpha value is -1.69. The molecule has 1 unspecified atom stereocenters. The molecule has 18 heavy (non-hydrogen) atoms. The zero-order valence-corrected chi connectivity index (χ0v) is 10.2. The second kappa shape index (κ2) is 5.30. The van der Waals surface area contributed by atoms with E-state index in [1.807, 2.05) is 12.5 Å². The summed E-state index contributed by atoms with van der Waals surface area (Å²) in [5.41, 5.74) is 1.26. The van der Waals surface area contributed by atoms with Gasteiger partial charge in [-0.05, 0) is 19.4 Å². The second-order valence-electron chi connectivity index (χ2n) is 4.60. The average Bonchev–Trinajstić information content (AvgIpc) is 3.09. The van der Waals surface area contributed by atoms with Crippen molar-refractivity contribution in [2.45, 2.75) is 38.3 Å². The van der Waals surface area contributed by atoms with Gasteiger partial charge in [0.2, 0.25) is 5.89 Å². The molecule has 0 radical (unpaired) electrons. The summed E-state index contributed by atoms with van der Waals surface area (Å²) in [6.45, 7) is 1.93. The van der Waals surface area contributed by atoms with Crippen molar-refractivity contribution < 1.29 is 4.52 Å². The van der Waals surface area contributed by atoms with Crippen LogP contribution in [0.25, 0.3) is 0 Å². The lowest BCUT2D eigenvalue weighted by Gasteiger charge is -2.24. The molecule has 0 aliphatic carbocycles. The molecule has 0 saturated carbocycles. The Bertz CT molecular complexity index is 472. The van der Waals surface area contributed by atoms with E-state index in [9.17, 15) is 0 Å². The van der Waals surface area contributed by atoms with Gasteiger partial charge in [-0.1, -0.05) is 11.6 Å². The molecule has 0 amide bonds. The van der Waals surface area contributed by atoms with Crippen LogP contribution in [0.15, 0.2) is 23.4 Å². The van der Waals surface area contributed by atoms with Crippen molar-refractivity contribution in [2.75, 3.05) is 6.54 Å². The number of nitrogens with zero attached hydrogens (tertiary/aromatic N) is 4. The molecule has 1 saturated heterocycles. The van der Waals surface area contributed by atoms with Crippen LogP contribution in [-0.4, -0.2) is 26.2 Å². The highest BCUT2D eigenvalue weighted by molar-refractivity contribution is 5.06. The van der Waals surface area contributed by atoms with E-state index >= 15 is 0 Å². The van der Waals surface area contributed by atoms with Crippen molar-refractivity contribution in [1.29, 1.82) is 0 Å². The SMILES string of the molecule is c1noc(CCn2cncc2C2CCCCN2)n1. The highest BCUT2D eigenvalue weighted by Crippen LogP contribution is 2.22. The molecule has 2 aromatic heterocycles. The summed E-state index contributed by atoms with van der Waals surface area (Å²) >= 11 is 0. The summed E-state index contributed by atoms with van der Waals surface area (Å²) in [5.74, 6) is 0.672. The van der Waals surface area contributed by atoms with Crippen molar-refractivity contribution in [2.24, 2.45) is 0 Å². The summed E-state index contributed by atoms with van der Waals surface area (Å²) < 4.78 is 7.18. The number of rotatable bonds is 4. The molecule has 1 aliphatic heterocycles. The fourth-order valence-electron chi connectivity index (χ4n) is 2.43. The van der Waals surface area contributed by atoms with Crippen LogP contribution in [0.3, 0.4) is 0 Å². The van der Waals surface area contributed by atoms with E-state index in [1.54, 1.807) is 0 Å². The fourth-order valence-corrected chi connectivity index (χ4v) is 2.43. The van der Waals surface area contributed by atoms with Crippen LogP contribution < -0.4 is 5.32 Å². The second-order valence-corrected chi connectivity index (χ2v) is 4.60. The van der Waals surface area contributed by atoms with Gasteiger partial charge in [0, 0.05) is 25.2 Å². The van der Waals surface area contributed by atoms with Crippen LogP contribution in [0.4, 0.5) is 0 Å². The summed E-state index contributed by atoms with van der Waals surface area (Å²) in [7, 11) is 0. The van der Waals surface area contributed by atoms with E-state index in [4.69, 9.17) is 4.52 Å². The van der Waals surface area contributed by atoms with Crippen molar-refractivity contribution in [3.05, 3.63) is 30.4 Å². The number of nitrogens with one attached hydrogen (secondary N) is 1. The fraction of sp³-hybridized carbons (Fsp3) is 0.583. The van der Waals surface area contributed by atoms with E-state index in [0.717, 1.165) is 19.5 Å². The first-order chi connectivity index (χ1) is 8.93. The van der Waals surface area contributed by atoms with Gasteiger partial charge in [0.1, 0.15) is 0 Å². The summed E-state index contributed by atoms with van der Waals surface area (Å²) in [6.07, 6.45) is 9.76. The van der Waals surface area contributed by atoms with Gasteiger partial charge in [-0.15, -0.1) is 0 Å². The minimum Gasteiger partial charge on any atom is -0.340 e. The van der Waals surface area contributed by atoms with Crippen LogP contribution in [0.1, 0.15) is 36.9 Å². The molecule has 0 aromatic carbocycles. The molecular formula is C12H17N5O. The van der Waals surface area contributed by atoms with Gasteiger partial charge in [0.05, 0.1) is 12.0 Å². The van der Waals surface area contributed by atoms with Gasteiger partial charge < -0.3 is 14.4 Å². The van der Waals surface area contributed by atoms with Crippen LogP contribution >= 0.6 is 0 Å². The van der Waals surface area contributed by atoms with Gasteiger partial charge in [0.15, 0.2) is 6.33 Å². The Morgan fingerprint density at radius 3 is 3.22 bits per heavy atom. The normalized spacial score (nSPS) is 20.1. The Labute approximate surface area is 105 Å². The first-order valence-corrected chi connectivity index (χ1v) is 6.42. The maximum Gasteiger partial charge on any atom is 0.228 e. The number of hydrogen-bond acceptors (Lipinski definition) is 5. The lowest BCUT2D eigenvalue weighted by atomic mass is 10.0. The third kappa shape index (κ3) is 2.43. The molecule has 0 bridgehead atoms. The first kappa shape index (κ1) is 11.4. The minimum absolute atomic E-state index is 0.434. The first-order valence-electron chi connectivity index (χ1n) is 6.42. The van der Waals surface area contributed by atoms with E-state index < -0.39 is 0 Å². The third-order valence-electron chi connectivity index (χ3n) is 3.39. The maximum absolute atomic E-state index is 5.01. The lowest BCUT2D eigenvalue weighted by molar-refractivity contribution is 0.363. The van der Waals surface area contributed by atoms with E-state index in [-0.39, 0.29) is 0 Å². The predicted octanol–water partition coefficient (Wildman–Crippen LogP) is 1.32. The smallest absolute Gasteiger partial charge is 0.228 e. The molecule has 1 N–H and O–H groups in total. The molecule has 3 heterocycles. The zero-order chi connectivity index (χ0) is 12.2. The molecule has 3 rings (SSSR count). The largest absolute Gasteiger partial charge is 0.340 e.